The second kappa shape index (κ2) is 9.20. The number of carbonyl (C=O) groups excluding carboxylic acids is 1. The maximum Gasteiger partial charge on any atom is 0.277 e. The Kier molecular flexibility index (Phi) is 6.08. The molecule has 1 aliphatic heterocycles. The Balaban J connectivity index is 1.51. The van der Waals surface area contributed by atoms with Crippen molar-refractivity contribution in [2.45, 2.75) is 37.6 Å². The molecule has 8 nitrogen and oxygen atoms in total. The molecule has 180 valence electrons. The van der Waals surface area contributed by atoms with Gasteiger partial charge in [-0.2, -0.15) is 5.26 Å². The van der Waals surface area contributed by atoms with E-state index in [1.807, 2.05) is 0 Å². The molecule has 1 fully saturated rings. The van der Waals surface area contributed by atoms with E-state index in [0.717, 1.165) is 59.8 Å². The van der Waals surface area contributed by atoms with Gasteiger partial charge in [-0.25, -0.2) is 13.8 Å². The van der Waals surface area contributed by atoms with E-state index in [1.165, 1.54) is 6.07 Å². The average Bonchev–Trinajstić information content (AvgIpc) is 3.42. The normalized spacial score (nSPS) is 19.3. The molecule has 5 N–H and O–H groups in total. The number of nitrogens with two attached hydrogens (primary N) is 2. The van der Waals surface area contributed by atoms with Gasteiger partial charge >= 0.3 is 0 Å². The molecule has 1 amide bonds. The fraction of sp³-hybridized carbons (Fsp3) is 0.333. The van der Waals surface area contributed by atoms with E-state index in [2.05, 4.69) is 26.3 Å². The zero-order valence-corrected chi connectivity index (χ0v) is 19.5. The molecule has 0 spiro atoms. The van der Waals surface area contributed by atoms with E-state index in [-0.39, 0.29) is 33.2 Å². The van der Waals surface area contributed by atoms with Gasteiger partial charge in [-0.15, -0.1) is 0 Å². The van der Waals surface area contributed by atoms with Crippen molar-refractivity contribution in [3.63, 3.8) is 0 Å². The fourth-order valence-electron chi connectivity index (χ4n) is 4.81. The van der Waals surface area contributed by atoms with Crippen molar-refractivity contribution >= 4 is 33.6 Å². The summed E-state index contributed by atoms with van der Waals surface area (Å²) in [6.45, 7) is 1.38. The molecule has 35 heavy (non-hydrogen) atoms. The summed E-state index contributed by atoms with van der Waals surface area (Å²) in [6.07, 6.45) is 4.70. The number of piperidine rings is 1. The monoisotopic (exact) mass is 495 g/mol. The molecule has 0 bridgehead atoms. The van der Waals surface area contributed by atoms with Crippen molar-refractivity contribution in [2.24, 2.45) is 5.73 Å². The number of thiazole rings is 1. The van der Waals surface area contributed by atoms with Crippen LogP contribution in [0.15, 0.2) is 24.4 Å². The Morgan fingerprint density at radius 3 is 2.77 bits per heavy atom. The molecule has 1 unspecified atom stereocenters. The van der Waals surface area contributed by atoms with Crippen LogP contribution in [-0.2, 0) is 6.42 Å². The number of pyridine rings is 1. The third-order valence-corrected chi connectivity index (χ3v) is 7.32. The highest BCUT2D eigenvalue weighted by Gasteiger charge is 2.32. The standard InChI is InChI=1S/C24H23F2N7OS/c25-15-4-1-5-16(26)18(15)24-32-20(22(29)35-24)23(34)31-17-10-30-19-12(9-27)6-7-14(19)21(17)33-8-2-3-13(28)11-33/h1,4-5,10,12-13H,2-3,6-8,11,28-29H2,(H,31,34)/t12?,13-/m0/s1. The Morgan fingerprint density at radius 1 is 1.29 bits per heavy atom. The molecule has 2 atom stereocenters. The van der Waals surface area contributed by atoms with Crippen LogP contribution in [0.4, 0.5) is 25.2 Å². The van der Waals surface area contributed by atoms with Gasteiger partial charge in [-0.05, 0) is 37.8 Å². The summed E-state index contributed by atoms with van der Waals surface area (Å²) in [5.41, 5.74) is 14.7. The Bertz CT molecular complexity index is 1330. The molecule has 2 aromatic heterocycles. The van der Waals surface area contributed by atoms with E-state index < -0.39 is 17.5 Å². The van der Waals surface area contributed by atoms with Crippen molar-refractivity contribution in [3.8, 4) is 16.6 Å². The number of fused-ring (bicyclic) bond motifs is 1. The molecule has 1 aliphatic carbocycles. The van der Waals surface area contributed by atoms with Crippen molar-refractivity contribution in [1.29, 1.82) is 5.26 Å². The molecular weight excluding hydrogens is 472 g/mol. The number of rotatable bonds is 4. The van der Waals surface area contributed by atoms with Gasteiger partial charge in [0.15, 0.2) is 5.69 Å². The Hall–Kier alpha value is -3.62. The summed E-state index contributed by atoms with van der Waals surface area (Å²) in [7, 11) is 0. The first-order chi connectivity index (χ1) is 16.9. The lowest BCUT2D eigenvalue weighted by Crippen LogP contribution is -2.43. The number of benzene rings is 1. The van der Waals surface area contributed by atoms with E-state index in [9.17, 15) is 18.8 Å². The molecule has 5 rings (SSSR count). The van der Waals surface area contributed by atoms with E-state index in [0.29, 0.717) is 25.1 Å². The van der Waals surface area contributed by atoms with Gasteiger partial charge in [0.2, 0.25) is 0 Å². The molecule has 2 aliphatic rings. The van der Waals surface area contributed by atoms with Crippen LogP contribution < -0.4 is 21.7 Å². The van der Waals surface area contributed by atoms with Gasteiger partial charge < -0.3 is 21.7 Å². The largest absolute Gasteiger partial charge is 0.389 e. The molecular formula is C24H23F2N7OS. The topological polar surface area (TPSA) is 134 Å². The van der Waals surface area contributed by atoms with Crippen molar-refractivity contribution in [2.75, 3.05) is 29.0 Å². The summed E-state index contributed by atoms with van der Waals surface area (Å²) in [5.74, 6) is -2.48. The number of nitrogens with one attached hydrogen (secondary N) is 1. The number of hydrogen-bond donors (Lipinski definition) is 3. The molecule has 3 heterocycles. The Morgan fingerprint density at radius 2 is 2.06 bits per heavy atom. The highest BCUT2D eigenvalue weighted by molar-refractivity contribution is 7.19. The number of aromatic nitrogens is 2. The van der Waals surface area contributed by atoms with Crippen LogP contribution >= 0.6 is 11.3 Å². The van der Waals surface area contributed by atoms with E-state index >= 15 is 0 Å². The lowest BCUT2D eigenvalue weighted by molar-refractivity contribution is 0.102. The molecule has 3 aromatic rings. The number of nitrogen functional groups attached to an aromatic ring is 1. The molecule has 0 saturated carbocycles. The van der Waals surface area contributed by atoms with Gasteiger partial charge in [-0.1, -0.05) is 17.4 Å². The number of anilines is 3. The maximum atomic E-state index is 14.2. The molecule has 0 radical (unpaired) electrons. The fourth-order valence-corrected chi connectivity index (χ4v) is 5.68. The predicted octanol–water partition coefficient (Wildman–Crippen LogP) is 3.80. The van der Waals surface area contributed by atoms with Gasteiger partial charge in [0.25, 0.3) is 5.91 Å². The quantitative estimate of drug-likeness (QED) is 0.501. The van der Waals surface area contributed by atoms with Crippen LogP contribution in [0.5, 0.6) is 0 Å². The van der Waals surface area contributed by atoms with Crippen molar-refractivity contribution in [3.05, 3.63) is 53.0 Å². The zero-order chi connectivity index (χ0) is 24.7. The van der Waals surface area contributed by atoms with Crippen LogP contribution in [0.1, 0.15) is 46.9 Å². The Labute approximate surface area is 204 Å². The highest BCUT2D eigenvalue weighted by Crippen LogP contribution is 2.42. The smallest absolute Gasteiger partial charge is 0.277 e. The second-order valence-electron chi connectivity index (χ2n) is 8.74. The third-order valence-electron chi connectivity index (χ3n) is 6.42. The minimum Gasteiger partial charge on any atom is -0.389 e. The van der Waals surface area contributed by atoms with Gasteiger partial charge in [0.05, 0.1) is 40.8 Å². The summed E-state index contributed by atoms with van der Waals surface area (Å²) < 4.78 is 28.5. The highest BCUT2D eigenvalue weighted by atomic mass is 32.1. The average molecular weight is 496 g/mol. The summed E-state index contributed by atoms with van der Waals surface area (Å²) >= 11 is 0.838. The number of hydrogen-bond acceptors (Lipinski definition) is 8. The second-order valence-corrected chi connectivity index (χ2v) is 9.77. The first-order valence-corrected chi connectivity index (χ1v) is 12.1. The summed E-state index contributed by atoms with van der Waals surface area (Å²) in [5, 5.41) is 12.4. The summed E-state index contributed by atoms with van der Waals surface area (Å²) in [6, 6.07) is 5.79. The molecule has 1 saturated heterocycles. The third kappa shape index (κ3) is 4.19. The molecule has 1 aromatic carbocycles. The minimum absolute atomic E-state index is 0.00306. The number of nitrogens with zero attached hydrogens (tertiary/aromatic N) is 4. The van der Waals surface area contributed by atoms with Crippen molar-refractivity contribution < 1.29 is 13.6 Å². The summed E-state index contributed by atoms with van der Waals surface area (Å²) in [4.78, 5) is 24.0. The minimum atomic E-state index is -0.788. The van der Waals surface area contributed by atoms with Crippen LogP contribution in [0.25, 0.3) is 10.6 Å². The van der Waals surface area contributed by atoms with Crippen LogP contribution in [0.2, 0.25) is 0 Å². The maximum absolute atomic E-state index is 14.2. The number of halogens is 2. The van der Waals surface area contributed by atoms with E-state index in [4.69, 9.17) is 11.5 Å². The van der Waals surface area contributed by atoms with Crippen LogP contribution in [-0.4, -0.2) is 35.0 Å². The van der Waals surface area contributed by atoms with Crippen LogP contribution in [0.3, 0.4) is 0 Å². The van der Waals surface area contributed by atoms with E-state index in [1.54, 1.807) is 6.20 Å². The lowest BCUT2D eigenvalue weighted by atomic mass is 10.0. The van der Waals surface area contributed by atoms with Gasteiger partial charge in [0.1, 0.15) is 21.6 Å². The first-order valence-electron chi connectivity index (χ1n) is 11.3. The number of nitriles is 1. The SMILES string of the molecule is N#CC1CCc2c1ncc(NC(=O)c1nc(-c3c(F)cccc3F)sc1N)c2N1CCC[C@H](N)C1. The zero-order valence-electron chi connectivity index (χ0n) is 18.7. The number of carbonyl (C=O) groups is 1. The van der Waals surface area contributed by atoms with Crippen LogP contribution in [0, 0.1) is 23.0 Å². The first kappa shape index (κ1) is 23.1. The van der Waals surface area contributed by atoms with Crippen molar-refractivity contribution in [1.82, 2.24) is 9.97 Å². The molecule has 11 heteroatoms. The lowest BCUT2D eigenvalue weighted by Gasteiger charge is -2.35. The van der Waals surface area contributed by atoms with Gasteiger partial charge in [0, 0.05) is 24.7 Å². The number of amides is 1. The predicted molar refractivity (Wildman–Crippen MR) is 130 cm³/mol. The van der Waals surface area contributed by atoms with Gasteiger partial charge in [-0.3, -0.25) is 9.78 Å².